The van der Waals surface area contributed by atoms with Gasteiger partial charge in [0.25, 0.3) is 0 Å². The first-order chi connectivity index (χ1) is 12.2. The van der Waals surface area contributed by atoms with Crippen LogP contribution in [0.25, 0.3) is 11.4 Å². The molecule has 0 spiro atoms. The third-order valence-corrected chi connectivity index (χ3v) is 3.67. The number of urea groups is 1. The van der Waals surface area contributed by atoms with Crippen molar-refractivity contribution in [3.63, 3.8) is 0 Å². The van der Waals surface area contributed by atoms with E-state index in [4.69, 9.17) is 0 Å². The highest BCUT2D eigenvalue weighted by atomic mass is 16.3. The maximum atomic E-state index is 12.2. The van der Waals surface area contributed by atoms with E-state index in [2.05, 4.69) is 20.7 Å². The van der Waals surface area contributed by atoms with Crippen molar-refractivity contribution in [2.45, 2.75) is 6.04 Å². The molecule has 0 saturated heterocycles. The molecule has 0 bridgehead atoms. The molecule has 0 saturated carbocycles. The van der Waals surface area contributed by atoms with E-state index in [1.807, 2.05) is 42.5 Å². The summed E-state index contributed by atoms with van der Waals surface area (Å²) in [5, 5.41) is 19.3. The number of aryl methyl sites for hydroxylation is 1. The summed E-state index contributed by atoms with van der Waals surface area (Å²) in [5.41, 5.74) is 2.26. The van der Waals surface area contributed by atoms with Crippen LogP contribution in [-0.4, -0.2) is 32.5 Å². The van der Waals surface area contributed by atoms with Crippen molar-refractivity contribution < 1.29 is 9.90 Å². The van der Waals surface area contributed by atoms with Gasteiger partial charge in [0.2, 0.25) is 0 Å². The number of aromatic nitrogens is 3. The van der Waals surface area contributed by atoms with Crippen molar-refractivity contribution in [2.75, 3.05) is 11.9 Å². The number of nitrogens with zero attached hydrogens (tertiary/aromatic N) is 3. The zero-order valence-corrected chi connectivity index (χ0v) is 13.8. The summed E-state index contributed by atoms with van der Waals surface area (Å²) in [6, 6.07) is 15.7. The van der Waals surface area contributed by atoms with Gasteiger partial charge < -0.3 is 15.7 Å². The maximum absolute atomic E-state index is 12.2. The molecule has 1 unspecified atom stereocenters. The Morgan fingerprint density at radius 1 is 1.20 bits per heavy atom. The number of hydrogen-bond donors (Lipinski definition) is 3. The summed E-state index contributed by atoms with van der Waals surface area (Å²) < 4.78 is 1.62. The van der Waals surface area contributed by atoms with Crippen molar-refractivity contribution in [1.29, 1.82) is 0 Å². The average Bonchev–Trinajstić information content (AvgIpc) is 3.07. The van der Waals surface area contributed by atoms with Crippen molar-refractivity contribution in [3.8, 4) is 11.4 Å². The third-order valence-electron chi connectivity index (χ3n) is 3.67. The smallest absolute Gasteiger partial charge is 0.319 e. The van der Waals surface area contributed by atoms with Crippen molar-refractivity contribution in [1.82, 2.24) is 20.1 Å². The fraction of sp³-hybridized carbons (Fsp3) is 0.167. The molecule has 0 aliphatic carbocycles. The van der Waals surface area contributed by atoms with Gasteiger partial charge >= 0.3 is 6.03 Å². The number of nitrogens with one attached hydrogen (secondary N) is 2. The van der Waals surface area contributed by atoms with E-state index in [-0.39, 0.29) is 6.61 Å². The highest BCUT2D eigenvalue weighted by Gasteiger charge is 2.13. The molecule has 1 aromatic heterocycles. The Bertz CT molecular complexity index is 847. The number of aliphatic hydroxyl groups is 1. The van der Waals surface area contributed by atoms with Gasteiger partial charge in [-0.3, -0.25) is 4.68 Å². The predicted molar refractivity (Wildman–Crippen MR) is 94.9 cm³/mol. The lowest BCUT2D eigenvalue weighted by Crippen LogP contribution is -2.34. The van der Waals surface area contributed by atoms with Crippen LogP contribution in [0, 0.1) is 0 Å². The largest absolute Gasteiger partial charge is 0.394 e. The Hall–Kier alpha value is -3.19. The second kappa shape index (κ2) is 7.59. The Kier molecular flexibility index (Phi) is 5.06. The van der Waals surface area contributed by atoms with Crippen LogP contribution >= 0.6 is 0 Å². The van der Waals surface area contributed by atoms with E-state index in [0.717, 1.165) is 11.1 Å². The molecule has 2 aromatic carbocycles. The van der Waals surface area contributed by atoms with Crippen LogP contribution in [0.3, 0.4) is 0 Å². The number of rotatable bonds is 5. The molecular weight excluding hydrogens is 318 g/mol. The van der Waals surface area contributed by atoms with Gasteiger partial charge in [0.15, 0.2) is 5.82 Å². The van der Waals surface area contributed by atoms with Crippen LogP contribution in [0.1, 0.15) is 11.6 Å². The van der Waals surface area contributed by atoms with Gasteiger partial charge in [0.05, 0.1) is 12.6 Å². The lowest BCUT2D eigenvalue weighted by Gasteiger charge is -2.17. The molecule has 0 radical (unpaired) electrons. The second-order valence-electron chi connectivity index (χ2n) is 5.57. The summed E-state index contributed by atoms with van der Waals surface area (Å²) in [5.74, 6) is 0.587. The topological polar surface area (TPSA) is 92.1 Å². The molecule has 1 heterocycles. The molecule has 0 aliphatic rings. The zero-order chi connectivity index (χ0) is 17.6. The van der Waals surface area contributed by atoms with E-state index in [9.17, 15) is 9.90 Å². The van der Waals surface area contributed by atoms with Gasteiger partial charge in [0, 0.05) is 18.3 Å². The quantitative estimate of drug-likeness (QED) is 0.666. The van der Waals surface area contributed by atoms with Gasteiger partial charge in [-0.15, -0.1) is 0 Å². The Balaban J connectivity index is 1.68. The van der Waals surface area contributed by atoms with Gasteiger partial charge in [0.1, 0.15) is 6.33 Å². The van der Waals surface area contributed by atoms with Crippen LogP contribution < -0.4 is 10.6 Å². The van der Waals surface area contributed by atoms with E-state index in [1.165, 1.54) is 0 Å². The molecule has 3 aromatic rings. The maximum Gasteiger partial charge on any atom is 0.319 e. The zero-order valence-electron chi connectivity index (χ0n) is 13.8. The standard InChI is InChI=1S/C18H19N5O2/c1-23-12-19-17(22-23)14-8-5-9-15(10-14)20-18(25)21-16(11-24)13-6-3-2-4-7-13/h2-10,12,16,24H,11H2,1H3,(H2,20,21,25). The molecule has 25 heavy (non-hydrogen) atoms. The minimum absolute atomic E-state index is 0.185. The molecule has 7 heteroatoms. The van der Waals surface area contributed by atoms with Gasteiger partial charge in [-0.25, -0.2) is 9.78 Å². The van der Waals surface area contributed by atoms with Crippen LogP contribution in [0.4, 0.5) is 10.5 Å². The molecule has 0 aliphatic heterocycles. The Morgan fingerprint density at radius 3 is 2.68 bits per heavy atom. The van der Waals surface area contributed by atoms with Gasteiger partial charge in [-0.2, -0.15) is 5.10 Å². The average molecular weight is 337 g/mol. The number of amides is 2. The Labute approximate surface area is 145 Å². The first kappa shape index (κ1) is 16.7. The fourth-order valence-electron chi connectivity index (χ4n) is 2.45. The lowest BCUT2D eigenvalue weighted by molar-refractivity contribution is 0.225. The summed E-state index contributed by atoms with van der Waals surface area (Å²) >= 11 is 0. The van der Waals surface area contributed by atoms with Crippen LogP contribution in [0.15, 0.2) is 60.9 Å². The molecule has 3 N–H and O–H groups in total. The van der Waals surface area contributed by atoms with E-state index in [0.29, 0.717) is 11.5 Å². The first-order valence-electron chi connectivity index (χ1n) is 7.85. The number of carbonyl (C=O) groups excluding carboxylic acids is 1. The SMILES string of the molecule is Cn1cnc(-c2cccc(NC(=O)NC(CO)c3ccccc3)c2)n1. The minimum atomic E-state index is -0.471. The number of anilines is 1. The monoisotopic (exact) mass is 337 g/mol. The molecule has 7 nitrogen and oxygen atoms in total. The van der Waals surface area contributed by atoms with Crippen LogP contribution in [0.5, 0.6) is 0 Å². The number of hydrogen-bond acceptors (Lipinski definition) is 4. The van der Waals surface area contributed by atoms with Crippen molar-refractivity contribution >= 4 is 11.7 Å². The Morgan fingerprint density at radius 2 is 2.00 bits per heavy atom. The second-order valence-corrected chi connectivity index (χ2v) is 5.57. The van der Waals surface area contributed by atoms with Crippen molar-refractivity contribution in [2.24, 2.45) is 7.05 Å². The van der Waals surface area contributed by atoms with Crippen molar-refractivity contribution in [3.05, 3.63) is 66.5 Å². The highest BCUT2D eigenvalue weighted by molar-refractivity contribution is 5.90. The normalized spacial score (nSPS) is 11.8. The molecule has 0 fully saturated rings. The summed E-state index contributed by atoms with van der Waals surface area (Å²) in [6.45, 7) is -0.185. The molecule has 3 rings (SSSR count). The van der Waals surface area contributed by atoms with Crippen LogP contribution in [0.2, 0.25) is 0 Å². The van der Waals surface area contributed by atoms with E-state index < -0.39 is 12.1 Å². The number of aliphatic hydroxyl groups excluding tert-OH is 1. The van der Waals surface area contributed by atoms with Crippen LogP contribution in [-0.2, 0) is 7.05 Å². The third kappa shape index (κ3) is 4.21. The van der Waals surface area contributed by atoms with Gasteiger partial charge in [-0.05, 0) is 17.7 Å². The highest BCUT2D eigenvalue weighted by Crippen LogP contribution is 2.19. The summed E-state index contributed by atoms with van der Waals surface area (Å²) in [7, 11) is 1.80. The summed E-state index contributed by atoms with van der Waals surface area (Å²) in [4.78, 5) is 16.4. The predicted octanol–water partition coefficient (Wildman–Crippen LogP) is 2.34. The molecular formula is C18H19N5O2. The minimum Gasteiger partial charge on any atom is -0.394 e. The first-order valence-corrected chi connectivity index (χ1v) is 7.85. The molecule has 1 atom stereocenters. The van der Waals surface area contributed by atoms with E-state index >= 15 is 0 Å². The lowest BCUT2D eigenvalue weighted by atomic mass is 10.1. The van der Waals surface area contributed by atoms with Gasteiger partial charge in [-0.1, -0.05) is 42.5 Å². The number of benzene rings is 2. The fourth-order valence-corrected chi connectivity index (χ4v) is 2.45. The van der Waals surface area contributed by atoms with E-state index in [1.54, 1.807) is 30.2 Å². The summed E-state index contributed by atoms with van der Waals surface area (Å²) in [6.07, 6.45) is 1.62. The molecule has 128 valence electrons. The molecule has 2 amide bonds. The number of carbonyl (C=O) groups is 1.